The Labute approximate surface area is 115 Å². The molecule has 0 aliphatic rings. The molecule has 0 saturated carbocycles. The van der Waals surface area contributed by atoms with Crippen LogP contribution in [-0.4, -0.2) is 49.5 Å². The fourth-order valence-corrected chi connectivity index (χ4v) is 1.40. The van der Waals surface area contributed by atoms with E-state index in [9.17, 15) is 19.3 Å². The maximum atomic E-state index is 11.8. The van der Waals surface area contributed by atoms with Gasteiger partial charge in [-0.05, 0) is 0 Å². The fraction of sp³-hybridized carbons (Fsp3) is 0.333. The second-order valence-electron chi connectivity index (χ2n) is 3.73. The van der Waals surface area contributed by atoms with Crippen molar-refractivity contribution in [3.8, 4) is 0 Å². The van der Waals surface area contributed by atoms with E-state index in [4.69, 9.17) is 0 Å². The van der Waals surface area contributed by atoms with Crippen molar-refractivity contribution in [3.05, 3.63) is 27.4 Å². The van der Waals surface area contributed by atoms with Gasteiger partial charge in [0.2, 0.25) is 0 Å². The first-order valence-electron chi connectivity index (χ1n) is 5.59. The Morgan fingerprint density at radius 1 is 1.48 bits per heavy atom. The molecule has 0 aromatic carbocycles. The molecule has 0 radical (unpaired) electrons. The van der Waals surface area contributed by atoms with Crippen molar-refractivity contribution in [1.29, 1.82) is 0 Å². The Morgan fingerprint density at radius 2 is 2.24 bits per heavy atom. The van der Waals surface area contributed by atoms with Crippen LogP contribution < -0.4 is 11.0 Å². The van der Waals surface area contributed by atoms with Crippen LogP contribution in [0.2, 0.25) is 0 Å². The van der Waals surface area contributed by atoms with Gasteiger partial charge in [0.15, 0.2) is 11.3 Å². The van der Waals surface area contributed by atoms with Gasteiger partial charge in [0, 0.05) is 7.05 Å². The molecule has 0 bridgehead atoms. The lowest BCUT2D eigenvalue weighted by Crippen LogP contribution is -2.32. The van der Waals surface area contributed by atoms with Crippen molar-refractivity contribution in [2.45, 2.75) is 0 Å². The minimum Gasteiger partial charge on any atom is -0.447 e. The zero-order valence-corrected chi connectivity index (χ0v) is 10.7. The molecular formula is C9H9N7O5. The Hall–Kier alpha value is -3.18. The SMILES string of the molecule is Cn1nnc2c(C(=O)NC(=O)OCCN=O)ncn2c1=O. The molecule has 12 nitrogen and oxygen atoms in total. The zero-order valence-electron chi connectivity index (χ0n) is 10.7. The molecule has 2 heterocycles. The average Bonchev–Trinajstić information content (AvgIpc) is 2.88. The number of nitrogens with one attached hydrogen (secondary N) is 1. The molecule has 2 rings (SSSR count). The van der Waals surface area contributed by atoms with Gasteiger partial charge in [0.1, 0.15) is 19.5 Å². The number of aryl methyl sites for hydroxylation is 1. The highest BCUT2D eigenvalue weighted by molar-refractivity contribution is 6.05. The molecule has 0 aliphatic heterocycles. The highest BCUT2D eigenvalue weighted by Gasteiger charge is 2.19. The van der Waals surface area contributed by atoms with Gasteiger partial charge in [-0.25, -0.2) is 19.0 Å². The molecule has 21 heavy (non-hydrogen) atoms. The van der Waals surface area contributed by atoms with E-state index >= 15 is 0 Å². The number of aromatic nitrogens is 5. The second-order valence-corrected chi connectivity index (χ2v) is 3.73. The fourth-order valence-electron chi connectivity index (χ4n) is 1.40. The average molecular weight is 295 g/mol. The number of ether oxygens (including phenoxy) is 1. The highest BCUT2D eigenvalue weighted by atomic mass is 16.5. The molecule has 2 aromatic heterocycles. The summed E-state index contributed by atoms with van der Waals surface area (Å²) in [6.07, 6.45) is 0.0182. The molecule has 1 N–H and O–H groups in total. The number of hydrogen-bond acceptors (Lipinski definition) is 9. The van der Waals surface area contributed by atoms with Crippen molar-refractivity contribution < 1.29 is 14.3 Å². The van der Waals surface area contributed by atoms with Crippen LogP contribution in [-0.2, 0) is 11.8 Å². The first-order valence-corrected chi connectivity index (χ1v) is 5.59. The van der Waals surface area contributed by atoms with E-state index in [2.05, 4.69) is 25.2 Å². The third kappa shape index (κ3) is 2.88. The van der Waals surface area contributed by atoms with Crippen molar-refractivity contribution in [3.63, 3.8) is 0 Å². The van der Waals surface area contributed by atoms with Crippen molar-refractivity contribution in [2.75, 3.05) is 13.2 Å². The van der Waals surface area contributed by atoms with Gasteiger partial charge in [-0.3, -0.25) is 10.1 Å². The molecule has 0 fully saturated rings. The summed E-state index contributed by atoms with van der Waals surface area (Å²) in [4.78, 5) is 48.3. The molecule has 110 valence electrons. The maximum Gasteiger partial charge on any atom is 0.414 e. The van der Waals surface area contributed by atoms with Crippen molar-refractivity contribution in [2.24, 2.45) is 12.2 Å². The summed E-state index contributed by atoms with van der Waals surface area (Å²) in [5.74, 6) is -0.913. The smallest absolute Gasteiger partial charge is 0.414 e. The van der Waals surface area contributed by atoms with E-state index in [1.165, 1.54) is 7.05 Å². The Bertz CT molecular complexity index is 763. The number of fused-ring (bicyclic) bond motifs is 1. The lowest BCUT2D eigenvalue weighted by Gasteiger charge is -2.02. The van der Waals surface area contributed by atoms with Crippen LogP contribution in [0.15, 0.2) is 16.3 Å². The van der Waals surface area contributed by atoms with Gasteiger partial charge >= 0.3 is 11.8 Å². The number of carbonyl (C=O) groups is 2. The molecular weight excluding hydrogens is 286 g/mol. The van der Waals surface area contributed by atoms with Crippen LogP contribution >= 0.6 is 0 Å². The molecule has 0 spiro atoms. The summed E-state index contributed by atoms with van der Waals surface area (Å²) in [6, 6.07) is 0. The summed E-state index contributed by atoms with van der Waals surface area (Å²) in [5, 5.41) is 11.5. The van der Waals surface area contributed by atoms with Crippen molar-refractivity contribution >= 4 is 17.6 Å². The van der Waals surface area contributed by atoms with E-state index in [-0.39, 0.29) is 24.5 Å². The number of nitroso groups, excluding NO2 is 1. The molecule has 2 amide bonds. The Kier molecular flexibility index (Phi) is 3.97. The van der Waals surface area contributed by atoms with E-state index in [0.717, 1.165) is 15.4 Å². The molecule has 0 saturated heterocycles. The maximum absolute atomic E-state index is 11.8. The number of imide groups is 1. The van der Waals surface area contributed by atoms with Gasteiger partial charge in [0.25, 0.3) is 5.91 Å². The third-order valence-electron chi connectivity index (χ3n) is 2.35. The van der Waals surface area contributed by atoms with Crippen LogP contribution in [0.1, 0.15) is 10.5 Å². The van der Waals surface area contributed by atoms with Gasteiger partial charge < -0.3 is 4.74 Å². The lowest BCUT2D eigenvalue weighted by molar-refractivity contribution is 0.0920. The molecule has 0 atom stereocenters. The predicted octanol–water partition coefficient (Wildman–Crippen LogP) is -1.54. The van der Waals surface area contributed by atoms with Gasteiger partial charge in [-0.1, -0.05) is 10.4 Å². The van der Waals surface area contributed by atoms with Crippen LogP contribution in [0.3, 0.4) is 0 Å². The van der Waals surface area contributed by atoms with E-state index < -0.39 is 17.7 Å². The van der Waals surface area contributed by atoms with E-state index in [1.807, 2.05) is 5.32 Å². The largest absolute Gasteiger partial charge is 0.447 e. The summed E-state index contributed by atoms with van der Waals surface area (Å²) in [7, 11) is 1.38. The number of hydrogen-bond donors (Lipinski definition) is 1. The lowest BCUT2D eigenvalue weighted by atomic mass is 10.4. The van der Waals surface area contributed by atoms with Gasteiger partial charge in [-0.2, -0.15) is 9.59 Å². The summed E-state index contributed by atoms with van der Waals surface area (Å²) >= 11 is 0. The van der Waals surface area contributed by atoms with Crippen molar-refractivity contribution in [1.82, 2.24) is 29.7 Å². The van der Waals surface area contributed by atoms with Crippen LogP contribution in [0.4, 0.5) is 4.79 Å². The Morgan fingerprint density at radius 3 is 2.95 bits per heavy atom. The normalized spacial score (nSPS) is 10.3. The summed E-state index contributed by atoms with van der Waals surface area (Å²) in [5.41, 5.74) is -0.908. The zero-order chi connectivity index (χ0) is 15.4. The van der Waals surface area contributed by atoms with E-state index in [0.29, 0.717) is 0 Å². The number of amides is 2. The van der Waals surface area contributed by atoms with Crippen LogP contribution in [0, 0.1) is 4.91 Å². The molecule has 0 aliphatic carbocycles. The Balaban J connectivity index is 2.17. The van der Waals surface area contributed by atoms with Gasteiger partial charge in [-0.15, -0.1) is 5.10 Å². The number of nitrogens with zero attached hydrogens (tertiary/aromatic N) is 6. The summed E-state index contributed by atoms with van der Waals surface area (Å²) in [6.45, 7) is -0.483. The summed E-state index contributed by atoms with van der Waals surface area (Å²) < 4.78 is 6.46. The highest BCUT2D eigenvalue weighted by Crippen LogP contribution is 2.02. The van der Waals surface area contributed by atoms with E-state index in [1.54, 1.807) is 0 Å². The first-order chi connectivity index (χ1) is 10.0. The molecule has 2 aromatic rings. The first kappa shape index (κ1) is 14.2. The minimum absolute atomic E-state index is 0.0991. The number of alkyl carbamates (subject to hydrolysis) is 1. The topological polar surface area (TPSA) is 150 Å². The quantitative estimate of drug-likeness (QED) is 0.526. The number of rotatable bonds is 4. The number of imidazole rings is 1. The monoisotopic (exact) mass is 295 g/mol. The third-order valence-corrected chi connectivity index (χ3v) is 2.35. The second kappa shape index (κ2) is 5.85. The molecule has 12 heteroatoms. The standard InChI is InChI=1S/C9H9N7O5/c1-15-9(19)16-4-10-5(6(16)13-14-15)7(17)12-8(18)21-3-2-11-20/h4H,2-3H2,1H3,(H,12,17,18). The van der Waals surface area contributed by atoms with Crippen LogP contribution in [0.5, 0.6) is 0 Å². The number of carbonyl (C=O) groups excluding carboxylic acids is 2. The van der Waals surface area contributed by atoms with Crippen LogP contribution in [0.25, 0.3) is 5.65 Å². The minimum atomic E-state index is -1.07. The van der Waals surface area contributed by atoms with Gasteiger partial charge in [0.05, 0.1) is 0 Å². The predicted molar refractivity (Wildman–Crippen MR) is 65.5 cm³/mol. The molecule has 0 unspecified atom stereocenters.